The summed E-state index contributed by atoms with van der Waals surface area (Å²) >= 11 is 0. The Bertz CT molecular complexity index is 372. The Balaban J connectivity index is 2.04. The van der Waals surface area contributed by atoms with E-state index in [9.17, 15) is 14.7 Å². The van der Waals surface area contributed by atoms with Gasteiger partial charge in [0.15, 0.2) is 0 Å². The Hall–Kier alpha value is -1.10. The molecule has 2 fully saturated rings. The van der Waals surface area contributed by atoms with Gasteiger partial charge in [-0.05, 0) is 45.2 Å². The van der Waals surface area contributed by atoms with Gasteiger partial charge >= 0.3 is 5.97 Å². The first-order chi connectivity index (χ1) is 10.1. The number of hydrogen-bond acceptors (Lipinski definition) is 3. The van der Waals surface area contributed by atoms with E-state index in [2.05, 4.69) is 17.6 Å². The molecule has 2 atom stereocenters. The molecule has 2 rings (SSSR count). The number of hydrogen-bond donors (Lipinski definition) is 3. The van der Waals surface area contributed by atoms with Crippen molar-refractivity contribution in [1.82, 2.24) is 10.6 Å². The fraction of sp³-hybridized carbons (Fsp3) is 0.875. The third kappa shape index (κ3) is 3.76. The summed E-state index contributed by atoms with van der Waals surface area (Å²) in [6.45, 7) is 3.86. The van der Waals surface area contributed by atoms with Gasteiger partial charge in [-0.15, -0.1) is 0 Å². The zero-order chi connectivity index (χ0) is 15.3. The lowest BCUT2D eigenvalue weighted by Crippen LogP contribution is -2.53. The normalized spacial score (nSPS) is 28.8. The summed E-state index contributed by atoms with van der Waals surface area (Å²) < 4.78 is 0. The molecule has 2 aliphatic rings. The van der Waals surface area contributed by atoms with Crippen LogP contribution in [0.1, 0.15) is 58.3 Å². The van der Waals surface area contributed by atoms with Crippen LogP contribution in [0.25, 0.3) is 0 Å². The molecule has 0 radical (unpaired) electrons. The van der Waals surface area contributed by atoms with Crippen molar-refractivity contribution in [3.05, 3.63) is 0 Å². The van der Waals surface area contributed by atoms with Crippen LogP contribution in [0.15, 0.2) is 0 Å². The van der Waals surface area contributed by atoms with E-state index in [4.69, 9.17) is 0 Å². The van der Waals surface area contributed by atoms with Crippen molar-refractivity contribution in [1.29, 1.82) is 0 Å². The van der Waals surface area contributed by atoms with E-state index in [1.54, 1.807) is 0 Å². The number of nitrogens with one attached hydrogen (secondary N) is 2. The molecule has 1 saturated carbocycles. The maximum Gasteiger partial charge on any atom is 0.308 e. The van der Waals surface area contributed by atoms with Crippen molar-refractivity contribution < 1.29 is 14.7 Å². The molecule has 0 aromatic rings. The highest BCUT2D eigenvalue weighted by Crippen LogP contribution is 2.35. The fourth-order valence-corrected chi connectivity index (χ4v) is 3.90. The molecule has 0 bridgehead atoms. The summed E-state index contributed by atoms with van der Waals surface area (Å²) in [5, 5.41) is 15.7. The second-order valence-corrected chi connectivity index (χ2v) is 6.59. The summed E-state index contributed by atoms with van der Waals surface area (Å²) in [4.78, 5) is 24.2. The molecule has 0 aromatic heterocycles. The maximum absolute atomic E-state index is 12.8. The molecule has 1 aliphatic carbocycles. The second kappa shape index (κ2) is 7.25. The average molecular weight is 296 g/mol. The van der Waals surface area contributed by atoms with Gasteiger partial charge in [0.05, 0.1) is 11.3 Å². The molecule has 2 unspecified atom stereocenters. The Morgan fingerprint density at radius 1 is 1.24 bits per heavy atom. The quantitative estimate of drug-likeness (QED) is 0.724. The van der Waals surface area contributed by atoms with E-state index < -0.39 is 11.9 Å². The zero-order valence-corrected chi connectivity index (χ0v) is 13.0. The number of carbonyl (C=O) groups excluding carboxylic acids is 1. The van der Waals surface area contributed by atoms with Crippen molar-refractivity contribution >= 4 is 11.9 Å². The Kier molecular flexibility index (Phi) is 5.62. The number of piperidine rings is 1. The summed E-state index contributed by atoms with van der Waals surface area (Å²) in [6, 6.07) is -0.188. The molecule has 0 spiro atoms. The van der Waals surface area contributed by atoms with Crippen LogP contribution in [-0.2, 0) is 9.59 Å². The van der Waals surface area contributed by atoms with E-state index in [0.29, 0.717) is 6.42 Å². The van der Waals surface area contributed by atoms with Crippen LogP contribution < -0.4 is 10.6 Å². The van der Waals surface area contributed by atoms with Crippen LogP contribution in [0.3, 0.4) is 0 Å². The summed E-state index contributed by atoms with van der Waals surface area (Å²) in [5.74, 6) is -1.10. The Morgan fingerprint density at radius 3 is 2.52 bits per heavy atom. The van der Waals surface area contributed by atoms with E-state index in [-0.39, 0.29) is 17.4 Å². The molecule has 1 amide bonds. The Labute approximate surface area is 126 Å². The lowest BCUT2D eigenvalue weighted by Gasteiger charge is -2.39. The van der Waals surface area contributed by atoms with Gasteiger partial charge in [-0.3, -0.25) is 9.59 Å². The lowest BCUT2D eigenvalue weighted by atomic mass is 9.74. The SMILES string of the molecule is CCCC1(C(=O)NC2CCCCC2C(=O)O)CCNCC1. The highest BCUT2D eigenvalue weighted by atomic mass is 16.4. The first kappa shape index (κ1) is 16.3. The number of carboxylic acids is 1. The molecule has 1 saturated heterocycles. The smallest absolute Gasteiger partial charge is 0.308 e. The first-order valence-corrected chi connectivity index (χ1v) is 8.33. The zero-order valence-electron chi connectivity index (χ0n) is 13.0. The van der Waals surface area contributed by atoms with Crippen molar-refractivity contribution in [2.24, 2.45) is 11.3 Å². The van der Waals surface area contributed by atoms with Gasteiger partial charge in [-0.25, -0.2) is 0 Å². The summed E-state index contributed by atoms with van der Waals surface area (Å²) in [7, 11) is 0. The molecular formula is C16H28N2O3. The Morgan fingerprint density at radius 2 is 1.90 bits per heavy atom. The number of aliphatic carboxylic acids is 1. The van der Waals surface area contributed by atoms with Gasteiger partial charge in [-0.2, -0.15) is 0 Å². The van der Waals surface area contributed by atoms with Crippen LogP contribution in [0.4, 0.5) is 0 Å². The topological polar surface area (TPSA) is 78.4 Å². The van der Waals surface area contributed by atoms with E-state index in [1.165, 1.54) is 0 Å². The van der Waals surface area contributed by atoms with E-state index in [1.807, 2.05) is 0 Å². The highest BCUT2D eigenvalue weighted by Gasteiger charge is 2.41. The standard InChI is InChI=1S/C16H28N2O3/c1-2-7-16(8-10-17-11-9-16)15(21)18-13-6-4-3-5-12(13)14(19)20/h12-13,17H,2-11H2,1H3,(H,18,21)(H,19,20). The van der Waals surface area contributed by atoms with Crippen molar-refractivity contribution in [3.8, 4) is 0 Å². The summed E-state index contributed by atoms with van der Waals surface area (Å²) in [6.07, 6.45) is 7.04. The van der Waals surface area contributed by atoms with Crippen LogP contribution in [0, 0.1) is 11.3 Å². The molecule has 120 valence electrons. The van der Waals surface area contributed by atoms with Gasteiger partial charge in [0, 0.05) is 6.04 Å². The monoisotopic (exact) mass is 296 g/mol. The minimum absolute atomic E-state index is 0.0870. The molecule has 5 nitrogen and oxygen atoms in total. The molecule has 3 N–H and O–H groups in total. The van der Waals surface area contributed by atoms with Crippen molar-refractivity contribution in [2.45, 2.75) is 64.3 Å². The van der Waals surface area contributed by atoms with Crippen molar-refractivity contribution in [3.63, 3.8) is 0 Å². The third-order valence-corrected chi connectivity index (χ3v) is 5.17. The number of carbonyl (C=O) groups is 2. The van der Waals surface area contributed by atoms with Crippen LogP contribution >= 0.6 is 0 Å². The predicted molar refractivity (Wildman–Crippen MR) is 81.0 cm³/mol. The van der Waals surface area contributed by atoms with E-state index >= 15 is 0 Å². The van der Waals surface area contributed by atoms with Gasteiger partial charge in [0.2, 0.25) is 5.91 Å². The number of rotatable bonds is 5. The summed E-state index contributed by atoms with van der Waals surface area (Å²) in [5.41, 5.74) is -0.291. The number of carboxylic acid groups (broad SMARTS) is 1. The van der Waals surface area contributed by atoms with E-state index in [0.717, 1.165) is 58.0 Å². The van der Waals surface area contributed by atoms with Gasteiger partial charge in [-0.1, -0.05) is 26.2 Å². The maximum atomic E-state index is 12.8. The van der Waals surface area contributed by atoms with Crippen LogP contribution in [-0.4, -0.2) is 36.1 Å². The highest BCUT2D eigenvalue weighted by molar-refractivity contribution is 5.84. The molecule has 21 heavy (non-hydrogen) atoms. The minimum Gasteiger partial charge on any atom is -0.481 e. The van der Waals surface area contributed by atoms with Gasteiger partial charge in [0.25, 0.3) is 0 Å². The van der Waals surface area contributed by atoms with Crippen LogP contribution in [0.5, 0.6) is 0 Å². The van der Waals surface area contributed by atoms with Crippen molar-refractivity contribution in [2.75, 3.05) is 13.1 Å². The molecule has 5 heteroatoms. The lowest BCUT2D eigenvalue weighted by molar-refractivity contribution is -0.145. The molecule has 0 aromatic carbocycles. The second-order valence-electron chi connectivity index (χ2n) is 6.59. The number of amides is 1. The van der Waals surface area contributed by atoms with Crippen LogP contribution in [0.2, 0.25) is 0 Å². The molecular weight excluding hydrogens is 268 g/mol. The minimum atomic E-state index is -0.769. The predicted octanol–water partition coefficient (Wildman–Crippen LogP) is 1.92. The first-order valence-electron chi connectivity index (χ1n) is 8.33. The van der Waals surface area contributed by atoms with Gasteiger partial charge < -0.3 is 15.7 Å². The third-order valence-electron chi connectivity index (χ3n) is 5.17. The fourth-order valence-electron chi connectivity index (χ4n) is 3.90. The average Bonchev–Trinajstić information content (AvgIpc) is 2.49. The molecule has 1 aliphatic heterocycles. The largest absolute Gasteiger partial charge is 0.481 e. The van der Waals surface area contributed by atoms with Gasteiger partial charge in [0.1, 0.15) is 0 Å². The molecule has 1 heterocycles.